The molecule has 0 aliphatic rings. The lowest BCUT2D eigenvalue weighted by atomic mass is 10.0. The predicted molar refractivity (Wildman–Crippen MR) is 130 cm³/mol. The number of carbonyl (C=O) groups is 1. The highest BCUT2D eigenvalue weighted by molar-refractivity contribution is 7.33. The summed E-state index contributed by atoms with van der Waals surface area (Å²) in [5.74, 6) is -1.49. The van der Waals surface area contributed by atoms with Gasteiger partial charge in [-0.05, 0) is 69.0 Å². The maximum Gasteiger partial charge on any atom is 0.319 e. The summed E-state index contributed by atoms with van der Waals surface area (Å²) in [6.07, 6.45) is 2.02. The van der Waals surface area contributed by atoms with Crippen LogP contribution in [0.3, 0.4) is 0 Å². The third kappa shape index (κ3) is 7.24. The molecule has 182 valence electrons. The molecule has 1 heterocycles. The maximum absolute atomic E-state index is 14.6. The summed E-state index contributed by atoms with van der Waals surface area (Å²) in [5.41, 5.74) is 0.758. The quantitative estimate of drug-likeness (QED) is 0.279. The van der Waals surface area contributed by atoms with Crippen molar-refractivity contribution < 1.29 is 27.9 Å². The minimum absolute atomic E-state index is 0.0321. The summed E-state index contributed by atoms with van der Waals surface area (Å²) in [6.45, 7) is 5.74. The van der Waals surface area contributed by atoms with E-state index in [0.717, 1.165) is 11.8 Å². The van der Waals surface area contributed by atoms with Crippen molar-refractivity contribution in [3.05, 3.63) is 70.1 Å². The molecule has 0 spiro atoms. The Bertz CT molecular complexity index is 1200. The molecule has 0 saturated carbocycles. The molecule has 1 atom stereocenters. The standard InChI is InChI=1S/C24H27ClFN2O5P/c1-24(2,3)33-34(31)32-10-4-5-16-11-18-21(20(26)12-16)27-14-19(22(18)29)23(30)28-13-15-6-8-17(25)9-7-15/h6-9,11-12,14,34H,4-5,10,13H2,1-3H3,(H,27,29)(H,28,30). The average Bonchev–Trinajstić information content (AvgIpc) is 2.76. The van der Waals surface area contributed by atoms with E-state index in [1.165, 1.54) is 6.07 Å². The number of nitrogens with one attached hydrogen (secondary N) is 1. The lowest BCUT2D eigenvalue weighted by Crippen LogP contribution is -2.23. The first kappa shape index (κ1) is 26.1. The van der Waals surface area contributed by atoms with Gasteiger partial charge in [0.2, 0.25) is 0 Å². The molecule has 7 nitrogen and oxygen atoms in total. The Morgan fingerprint density at radius 1 is 1.21 bits per heavy atom. The first-order valence-corrected chi connectivity index (χ1v) is 12.3. The zero-order valence-electron chi connectivity index (χ0n) is 19.2. The van der Waals surface area contributed by atoms with Gasteiger partial charge in [-0.25, -0.2) is 4.39 Å². The van der Waals surface area contributed by atoms with Crippen molar-refractivity contribution >= 4 is 36.7 Å². The van der Waals surface area contributed by atoms with Crippen LogP contribution < -0.4 is 5.32 Å². The highest BCUT2D eigenvalue weighted by Crippen LogP contribution is 2.32. The van der Waals surface area contributed by atoms with Gasteiger partial charge in [0.1, 0.15) is 22.6 Å². The van der Waals surface area contributed by atoms with Crippen LogP contribution in [0.1, 0.15) is 48.7 Å². The van der Waals surface area contributed by atoms with Crippen LogP contribution in [-0.2, 0) is 26.6 Å². The number of benzene rings is 2. The number of halogens is 2. The van der Waals surface area contributed by atoms with Gasteiger partial charge < -0.3 is 19.5 Å². The van der Waals surface area contributed by atoms with E-state index in [4.69, 9.17) is 20.6 Å². The minimum Gasteiger partial charge on any atom is -0.506 e. The number of amides is 1. The summed E-state index contributed by atoms with van der Waals surface area (Å²) in [6, 6.07) is 9.89. The number of nitrogens with zero attached hydrogens (tertiary/aromatic N) is 1. The smallest absolute Gasteiger partial charge is 0.319 e. The number of hydrogen-bond donors (Lipinski definition) is 2. The number of fused-ring (bicyclic) bond motifs is 1. The fourth-order valence-electron chi connectivity index (χ4n) is 3.20. The summed E-state index contributed by atoms with van der Waals surface area (Å²) in [5, 5.41) is 14.1. The van der Waals surface area contributed by atoms with E-state index in [1.54, 1.807) is 51.1 Å². The van der Waals surface area contributed by atoms with Gasteiger partial charge in [-0.15, -0.1) is 0 Å². The van der Waals surface area contributed by atoms with Crippen molar-refractivity contribution in [3.63, 3.8) is 0 Å². The molecule has 0 radical (unpaired) electrons. The number of carbonyl (C=O) groups excluding carboxylic acids is 1. The topological polar surface area (TPSA) is 97.8 Å². The van der Waals surface area contributed by atoms with Crippen molar-refractivity contribution in [2.24, 2.45) is 0 Å². The number of hydrogen-bond acceptors (Lipinski definition) is 6. The molecule has 2 N–H and O–H groups in total. The van der Waals surface area contributed by atoms with Crippen LogP contribution in [0.25, 0.3) is 10.9 Å². The summed E-state index contributed by atoms with van der Waals surface area (Å²) in [7, 11) is -2.62. The Morgan fingerprint density at radius 2 is 1.91 bits per heavy atom. The molecule has 3 rings (SSSR count). The molecule has 34 heavy (non-hydrogen) atoms. The zero-order chi connectivity index (χ0) is 24.9. The second-order valence-electron chi connectivity index (χ2n) is 8.72. The van der Waals surface area contributed by atoms with Crippen molar-refractivity contribution in [1.82, 2.24) is 10.3 Å². The molecule has 0 fully saturated rings. The van der Waals surface area contributed by atoms with Gasteiger partial charge in [0, 0.05) is 23.2 Å². The van der Waals surface area contributed by atoms with Crippen LogP contribution in [-0.4, -0.2) is 28.2 Å². The Balaban J connectivity index is 1.68. The first-order valence-electron chi connectivity index (χ1n) is 10.7. The summed E-state index contributed by atoms with van der Waals surface area (Å²) in [4.78, 5) is 16.6. The Morgan fingerprint density at radius 3 is 2.59 bits per heavy atom. The monoisotopic (exact) mass is 508 g/mol. The normalized spacial score (nSPS) is 12.6. The van der Waals surface area contributed by atoms with E-state index in [2.05, 4.69) is 10.3 Å². The molecule has 0 aliphatic heterocycles. The molecule has 1 amide bonds. The second kappa shape index (κ2) is 11.3. The molecule has 1 unspecified atom stereocenters. The van der Waals surface area contributed by atoms with E-state index >= 15 is 0 Å². The number of rotatable bonds is 9. The molecular formula is C24H27ClFN2O5P. The Labute approximate surface area is 203 Å². The van der Waals surface area contributed by atoms with Crippen LogP contribution in [0.2, 0.25) is 5.02 Å². The van der Waals surface area contributed by atoms with Gasteiger partial charge in [-0.3, -0.25) is 14.3 Å². The van der Waals surface area contributed by atoms with E-state index in [9.17, 15) is 18.9 Å². The van der Waals surface area contributed by atoms with Crippen LogP contribution in [0.4, 0.5) is 4.39 Å². The van der Waals surface area contributed by atoms with Gasteiger partial charge in [0.25, 0.3) is 5.91 Å². The van der Waals surface area contributed by atoms with Crippen LogP contribution in [0, 0.1) is 5.82 Å². The molecule has 1 aromatic heterocycles. The number of pyridine rings is 1. The van der Waals surface area contributed by atoms with Gasteiger partial charge in [-0.1, -0.05) is 23.7 Å². The highest BCUT2D eigenvalue weighted by Gasteiger charge is 2.18. The van der Waals surface area contributed by atoms with Gasteiger partial charge in [-0.2, -0.15) is 0 Å². The first-order chi connectivity index (χ1) is 16.0. The third-order valence-corrected chi connectivity index (χ3v) is 6.26. The van der Waals surface area contributed by atoms with E-state index in [0.29, 0.717) is 23.4 Å². The number of aromatic hydroxyl groups is 1. The van der Waals surface area contributed by atoms with E-state index in [1.807, 2.05) is 0 Å². The molecule has 10 heteroatoms. The van der Waals surface area contributed by atoms with E-state index < -0.39 is 25.6 Å². The van der Waals surface area contributed by atoms with Crippen molar-refractivity contribution in [3.8, 4) is 5.75 Å². The molecule has 0 bridgehead atoms. The number of aromatic nitrogens is 1. The van der Waals surface area contributed by atoms with E-state index in [-0.39, 0.29) is 35.4 Å². The SMILES string of the molecule is CC(C)(C)O[PH](=O)OCCCc1cc(F)c2ncc(C(=O)NCc3ccc(Cl)cc3)c(O)c2c1. The van der Waals surface area contributed by atoms with Crippen molar-refractivity contribution in [2.45, 2.75) is 45.8 Å². The minimum atomic E-state index is -2.62. The second-order valence-corrected chi connectivity index (χ2v) is 10.1. The Hall–Kier alpha value is -2.51. The maximum atomic E-state index is 14.6. The summed E-state index contributed by atoms with van der Waals surface area (Å²) < 4.78 is 36.9. The third-order valence-electron chi connectivity index (χ3n) is 4.79. The lowest BCUT2D eigenvalue weighted by Gasteiger charge is -2.18. The predicted octanol–water partition coefficient (Wildman–Crippen LogP) is 5.82. The molecule has 3 aromatic rings. The lowest BCUT2D eigenvalue weighted by molar-refractivity contribution is 0.0947. The average molecular weight is 509 g/mol. The fourth-order valence-corrected chi connectivity index (χ4v) is 4.20. The van der Waals surface area contributed by atoms with Crippen LogP contribution in [0.15, 0.2) is 42.6 Å². The number of aryl methyl sites for hydroxylation is 1. The summed E-state index contributed by atoms with van der Waals surface area (Å²) >= 11 is 5.86. The van der Waals surface area contributed by atoms with Crippen LogP contribution >= 0.6 is 19.9 Å². The molecule has 0 aliphatic carbocycles. The van der Waals surface area contributed by atoms with Crippen LogP contribution in [0.5, 0.6) is 5.75 Å². The van der Waals surface area contributed by atoms with Crippen molar-refractivity contribution in [1.29, 1.82) is 0 Å². The fraction of sp³-hybridized carbons (Fsp3) is 0.333. The molecular weight excluding hydrogens is 482 g/mol. The van der Waals surface area contributed by atoms with Crippen molar-refractivity contribution in [2.75, 3.05) is 6.61 Å². The molecule has 2 aromatic carbocycles. The Kier molecular flexibility index (Phi) is 8.66. The zero-order valence-corrected chi connectivity index (χ0v) is 20.9. The van der Waals surface area contributed by atoms with Gasteiger partial charge in [0.05, 0.1) is 12.2 Å². The molecule has 0 saturated heterocycles. The van der Waals surface area contributed by atoms with Gasteiger partial charge in [0.15, 0.2) is 0 Å². The highest BCUT2D eigenvalue weighted by atomic mass is 35.5. The van der Waals surface area contributed by atoms with Gasteiger partial charge >= 0.3 is 8.25 Å². The largest absolute Gasteiger partial charge is 0.506 e.